The molecule has 1 aromatic rings. The maximum absolute atomic E-state index is 13.9. The van der Waals surface area contributed by atoms with Gasteiger partial charge < -0.3 is 14.8 Å². The summed E-state index contributed by atoms with van der Waals surface area (Å²) in [4.78, 5) is 0. The van der Waals surface area contributed by atoms with Crippen LogP contribution in [0.5, 0.6) is 5.75 Å². The fraction of sp³-hybridized carbons (Fsp3) is 0.500. The summed E-state index contributed by atoms with van der Waals surface area (Å²) < 4.78 is 24.5. The van der Waals surface area contributed by atoms with Crippen LogP contribution in [0.1, 0.15) is 17.2 Å². The minimum absolute atomic E-state index is 0.121. The molecule has 16 heavy (non-hydrogen) atoms. The van der Waals surface area contributed by atoms with E-state index in [1.165, 1.54) is 6.07 Å². The third-order valence-electron chi connectivity index (χ3n) is 2.73. The Morgan fingerprint density at radius 3 is 2.94 bits per heavy atom. The summed E-state index contributed by atoms with van der Waals surface area (Å²) >= 11 is 0. The van der Waals surface area contributed by atoms with Crippen LogP contribution in [0.3, 0.4) is 0 Å². The van der Waals surface area contributed by atoms with E-state index in [4.69, 9.17) is 9.47 Å². The number of nitrogens with one attached hydrogen (secondary N) is 1. The largest absolute Gasteiger partial charge is 0.496 e. The highest BCUT2D eigenvalue weighted by molar-refractivity contribution is 5.40. The first kappa shape index (κ1) is 11.4. The van der Waals surface area contributed by atoms with Gasteiger partial charge in [0.05, 0.1) is 26.4 Å². The zero-order chi connectivity index (χ0) is 11.5. The van der Waals surface area contributed by atoms with Crippen molar-refractivity contribution in [3.8, 4) is 5.75 Å². The predicted octanol–water partition coefficient (Wildman–Crippen LogP) is 1.80. The Kier molecular flexibility index (Phi) is 3.41. The van der Waals surface area contributed by atoms with Gasteiger partial charge in [-0.25, -0.2) is 4.39 Å². The van der Waals surface area contributed by atoms with Gasteiger partial charge in [0, 0.05) is 12.1 Å². The second kappa shape index (κ2) is 4.80. The number of methoxy groups -OCH3 is 1. The van der Waals surface area contributed by atoms with E-state index in [0.717, 1.165) is 12.1 Å². The van der Waals surface area contributed by atoms with Gasteiger partial charge in [0.25, 0.3) is 0 Å². The fourth-order valence-corrected chi connectivity index (χ4v) is 1.98. The van der Waals surface area contributed by atoms with Gasteiger partial charge in [-0.2, -0.15) is 0 Å². The van der Waals surface area contributed by atoms with Crippen molar-refractivity contribution in [2.45, 2.75) is 13.0 Å². The number of halogens is 1. The van der Waals surface area contributed by atoms with Crippen LogP contribution in [0.4, 0.5) is 4.39 Å². The monoisotopic (exact) mass is 225 g/mol. The predicted molar refractivity (Wildman–Crippen MR) is 59.3 cm³/mol. The van der Waals surface area contributed by atoms with Gasteiger partial charge in [-0.3, -0.25) is 0 Å². The molecule has 1 heterocycles. The summed E-state index contributed by atoms with van der Waals surface area (Å²) in [5.74, 6) is 0.348. The molecule has 0 bridgehead atoms. The normalized spacial score (nSPS) is 20.8. The fourth-order valence-electron chi connectivity index (χ4n) is 1.98. The van der Waals surface area contributed by atoms with Gasteiger partial charge in [0.15, 0.2) is 0 Å². The molecule has 2 rings (SSSR count). The van der Waals surface area contributed by atoms with Gasteiger partial charge in [-0.05, 0) is 24.6 Å². The van der Waals surface area contributed by atoms with Crippen molar-refractivity contribution in [2.75, 3.05) is 26.9 Å². The third kappa shape index (κ3) is 2.18. The number of ether oxygens (including phenoxy) is 2. The van der Waals surface area contributed by atoms with Crippen LogP contribution < -0.4 is 10.1 Å². The Labute approximate surface area is 94.6 Å². The smallest absolute Gasteiger partial charge is 0.132 e. The molecule has 1 unspecified atom stereocenters. The first-order valence-electron chi connectivity index (χ1n) is 5.37. The first-order valence-corrected chi connectivity index (χ1v) is 5.37. The van der Waals surface area contributed by atoms with Crippen molar-refractivity contribution in [1.29, 1.82) is 0 Å². The maximum atomic E-state index is 13.9. The molecule has 88 valence electrons. The molecule has 0 aliphatic carbocycles. The highest BCUT2D eigenvalue weighted by Crippen LogP contribution is 2.30. The number of hydrogen-bond acceptors (Lipinski definition) is 3. The van der Waals surface area contributed by atoms with E-state index in [-0.39, 0.29) is 11.9 Å². The lowest BCUT2D eigenvalue weighted by Gasteiger charge is -2.26. The number of morpholine rings is 1. The lowest BCUT2D eigenvalue weighted by molar-refractivity contribution is 0.0748. The van der Waals surface area contributed by atoms with Crippen molar-refractivity contribution in [1.82, 2.24) is 5.32 Å². The molecule has 1 fully saturated rings. The summed E-state index contributed by atoms with van der Waals surface area (Å²) in [7, 11) is 1.56. The standard InChI is InChI=1S/C12H16FNO2/c1-8-5-9(13)12(11(6-8)15-2)10-7-16-4-3-14-10/h5-6,10,14H,3-4,7H2,1-2H3. The highest BCUT2D eigenvalue weighted by Gasteiger charge is 2.23. The molecule has 3 nitrogen and oxygen atoms in total. The topological polar surface area (TPSA) is 30.5 Å². The summed E-state index contributed by atoms with van der Waals surface area (Å²) in [6.45, 7) is 3.74. The minimum atomic E-state index is -0.236. The SMILES string of the molecule is COc1cc(C)cc(F)c1C1COCCN1. The summed E-state index contributed by atoms with van der Waals surface area (Å²) in [6, 6.07) is 3.24. The van der Waals surface area contributed by atoms with Gasteiger partial charge in [0.1, 0.15) is 11.6 Å². The van der Waals surface area contributed by atoms with Crippen LogP contribution in [0.25, 0.3) is 0 Å². The molecule has 4 heteroatoms. The van der Waals surface area contributed by atoms with E-state index < -0.39 is 0 Å². The zero-order valence-electron chi connectivity index (χ0n) is 9.55. The van der Waals surface area contributed by atoms with Crippen molar-refractivity contribution >= 4 is 0 Å². The van der Waals surface area contributed by atoms with Crippen molar-refractivity contribution in [2.24, 2.45) is 0 Å². The van der Waals surface area contributed by atoms with Gasteiger partial charge in [0.2, 0.25) is 0 Å². The minimum Gasteiger partial charge on any atom is -0.496 e. The molecule has 1 saturated heterocycles. The Morgan fingerprint density at radius 1 is 1.50 bits per heavy atom. The Morgan fingerprint density at radius 2 is 2.31 bits per heavy atom. The Hall–Kier alpha value is -1.13. The van der Waals surface area contributed by atoms with Crippen LogP contribution in [0.15, 0.2) is 12.1 Å². The van der Waals surface area contributed by atoms with Crippen molar-refractivity contribution < 1.29 is 13.9 Å². The van der Waals surface area contributed by atoms with E-state index in [1.807, 2.05) is 13.0 Å². The van der Waals surface area contributed by atoms with Crippen LogP contribution in [-0.2, 0) is 4.74 Å². The van der Waals surface area contributed by atoms with E-state index in [2.05, 4.69) is 5.32 Å². The third-order valence-corrected chi connectivity index (χ3v) is 2.73. The van der Waals surface area contributed by atoms with E-state index in [9.17, 15) is 4.39 Å². The van der Waals surface area contributed by atoms with Gasteiger partial charge in [-0.1, -0.05) is 0 Å². The maximum Gasteiger partial charge on any atom is 0.132 e. The molecule has 1 aromatic carbocycles. The van der Waals surface area contributed by atoms with Crippen molar-refractivity contribution in [3.63, 3.8) is 0 Å². The molecule has 1 atom stereocenters. The number of hydrogen-bond donors (Lipinski definition) is 1. The summed E-state index contributed by atoms with van der Waals surface area (Å²) in [5, 5.41) is 3.23. The molecule has 0 spiro atoms. The Bertz CT molecular complexity index is 376. The molecule has 1 aliphatic rings. The molecule has 0 saturated carbocycles. The van der Waals surface area contributed by atoms with Crippen LogP contribution in [0.2, 0.25) is 0 Å². The molecule has 0 radical (unpaired) electrons. The molecular weight excluding hydrogens is 209 g/mol. The Balaban J connectivity index is 2.37. The molecule has 1 N–H and O–H groups in total. The zero-order valence-corrected chi connectivity index (χ0v) is 9.55. The average molecular weight is 225 g/mol. The van der Waals surface area contributed by atoms with E-state index >= 15 is 0 Å². The molecule has 0 amide bonds. The number of aryl methyl sites for hydroxylation is 1. The number of rotatable bonds is 2. The second-order valence-electron chi connectivity index (χ2n) is 3.94. The van der Waals surface area contributed by atoms with E-state index in [0.29, 0.717) is 24.5 Å². The van der Waals surface area contributed by atoms with Gasteiger partial charge >= 0.3 is 0 Å². The molecule has 0 aromatic heterocycles. The summed E-state index contributed by atoms with van der Waals surface area (Å²) in [5.41, 5.74) is 1.42. The first-order chi connectivity index (χ1) is 7.72. The molecular formula is C12H16FNO2. The van der Waals surface area contributed by atoms with Crippen LogP contribution >= 0.6 is 0 Å². The lowest BCUT2D eigenvalue weighted by Crippen LogP contribution is -2.35. The molecule has 1 aliphatic heterocycles. The van der Waals surface area contributed by atoms with Crippen molar-refractivity contribution in [3.05, 3.63) is 29.1 Å². The van der Waals surface area contributed by atoms with Crippen LogP contribution in [0, 0.1) is 12.7 Å². The highest BCUT2D eigenvalue weighted by atomic mass is 19.1. The lowest BCUT2D eigenvalue weighted by atomic mass is 10.0. The van der Waals surface area contributed by atoms with Crippen LogP contribution in [-0.4, -0.2) is 26.9 Å². The van der Waals surface area contributed by atoms with E-state index in [1.54, 1.807) is 7.11 Å². The quantitative estimate of drug-likeness (QED) is 0.832. The second-order valence-corrected chi connectivity index (χ2v) is 3.94. The summed E-state index contributed by atoms with van der Waals surface area (Å²) in [6.07, 6.45) is 0. The van der Waals surface area contributed by atoms with Gasteiger partial charge in [-0.15, -0.1) is 0 Å². The average Bonchev–Trinajstić information content (AvgIpc) is 2.29. The number of benzene rings is 1.